The van der Waals surface area contributed by atoms with Gasteiger partial charge in [-0.15, -0.1) is 0 Å². The summed E-state index contributed by atoms with van der Waals surface area (Å²) in [4.78, 5) is 12.0. The Labute approximate surface area is 102 Å². The van der Waals surface area contributed by atoms with E-state index in [2.05, 4.69) is 5.32 Å². The fourth-order valence-corrected chi connectivity index (χ4v) is 1.52. The molecular formula is C13H20N2O2. The van der Waals surface area contributed by atoms with Crippen LogP contribution in [0, 0.1) is 0 Å². The number of carbonyl (C=O) groups excluding carboxylic acids is 1. The molecule has 1 aromatic rings. The smallest absolute Gasteiger partial charge is 0.230 e. The first-order chi connectivity index (χ1) is 7.98. The molecule has 1 rings (SSSR count). The summed E-state index contributed by atoms with van der Waals surface area (Å²) in [7, 11) is 1.61. The fourth-order valence-electron chi connectivity index (χ4n) is 1.52. The minimum Gasteiger partial charge on any atom is -0.399 e. The second-order valence-corrected chi connectivity index (χ2v) is 4.50. The number of rotatable bonds is 5. The zero-order valence-corrected chi connectivity index (χ0v) is 10.6. The van der Waals surface area contributed by atoms with Crippen molar-refractivity contribution in [2.45, 2.75) is 19.3 Å². The van der Waals surface area contributed by atoms with Gasteiger partial charge in [-0.3, -0.25) is 4.79 Å². The first-order valence-corrected chi connectivity index (χ1v) is 5.61. The van der Waals surface area contributed by atoms with E-state index < -0.39 is 5.41 Å². The number of methoxy groups -OCH3 is 1. The van der Waals surface area contributed by atoms with E-state index in [-0.39, 0.29) is 5.91 Å². The molecule has 0 fully saturated rings. The molecule has 4 nitrogen and oxygen atoms in total. The van der Waals surface area contributed by atoms with Crippen LogP contribution in [0.15, 0.2) is 24.3 Å². The molecule has 0 saturated carbocycles. The molecule has 0 aromatic heterocycles. The molecule has 1 amide bonds. The summed E-state index contributed by atoms with van der Waals surface area (Å²) in [6.45, 7) is 4.82. The number of nitrogen functional groups attached to an aromatic ring is 1. The minimum absolute atomic E-state index is 0.0145. The van der Waals surface area contributed by atoms with Gasteiger partial charge in [0.15, 0.2) is 0 Å². The van der Waals surface area contributed by atoms with Crippen LogP contribution in [0.5, 0.6) is 0 Å². The maximum atomic E-state index is 12.0. The molecule has 0 atom stereocenters. The van der Waals surface area contributed by atoms with Crippen molar-refractivity contribution < 1.29 is 9.53 Å². The Morgan fingerprint density at radius 1 is 1.35 bits per heavy atom. The van der Waals surface area contributed by atoms with Crippen LogP contribution in [0.25, 0.3) is 0 Å². The molecular weight excluding hydrogens is 216 g/mol. The zero-order chi connectivity index (χ0) is 12.9. The van der Waals surface area contributed by atoms with Crippen LogP contribution in [0.3, 0.4) is 0 Å². The molecule has 0 unspecified atom stereocenters. The molecule has 4 heteroatoms. The maximum absolute atomic E-state index is 12.0. The normalized spacial score (nSPS) is 11.2. The van der Waals surface area contributed by atoms with Gasteiger partial charge in [0, 0.05) is 19.3 Å². The van der Waals surface area contributed by atoms with Gasteiger partial charge in [0.1, 0.15) is 0 Å². The number of ether oxygens (including phenoxy) is 1. The molecule has 3 N–H and O–H groups in total. The molecule has 1 aromatic carbocycles. The lowest BCUT2D eigenvalue weighted by Gasteiger charge is -2.24. The third-order valence-corrected chi connectivity index (χ3v) is 2.79. The monoisotopic (exact) mass is 236 g/mol. The summed E-state index contributed by atoms with van der Waals surface area (Å²) in [6, 6.07) is 7.37. The maximum Gasteiger partial charge on any atom is 0.230 e. The summed E-state index contributed by atoms with van der Waals surface area (Å²) in [5.41, 5.74) is 6.70. The molecule has 17 heavy (non-hydrogen) atoms. The number of carbonyl (C=O) groups is 1. The van der Waals surface area contributed by atoms with Crippen LogP contribution >= 0.6 is 0 Å². The predicted octanol–water partition coefficient (Wildman–Crippen LogP) is 1.31. The van der Waals surface area contributed by atoms with E-state index in [9.17, 15) is 4.79 Å². The topological polar surface area (TPSA) is 64.3 Å². The van der Waals surface area contributed by atoms with Crippen molar-refractivity contribution in [3.8, 4) is 0 Å². The summed E-state index contributed by atoms with van der Waals surface area (Å²) < 4.78 is 4.90. The van der Waals surface area contributed by atoms with Gasteiger partial charge >= 0.3 is 0 Å². The minimum atomic E-state index is -0.568. The Morgan fingerprint density at radius 3 is 2.47 bits per heavy atom. The number of nitrogens with two attached hydrogens (primary N) is 1. The van der Waals surface area contributed by atoms with Gasteiger partial charge in [-0.05, 0) is 31.5 Å². The second kappa shape index (κ2) is 5.68. The third kappa shape index (κ3) is 3.46. The van der Waals surface area contributed by atoms with Crippen LogP contribution in [-0.4, -0.2) is 26.2 Å². The van der Waals surface area contributed by atoms with Crippen LogP contribution in [0.2, 0.25) is 0 Å². The number of nitrogens with one attached hydrogen (secondary N) is 1. The molecule has 0 aliphatic heterocycles. The second-order valence-electron chi connectivity index (χ2n) is 4.50. The van der Waals surface area contributed by atoms with Crippen molar-refractivity contribution in [3.63, 3.8) is 0 Å². The van der Waals surface area contributed by atoms with Crippen LogP contribution in [-0.2, 0) is 14.9 Å². The molecule has 0 aliphatic carbocycles. The molecule has 0 radical (unpaired) electrons. The van der Waals surface area contributed by atoms with Gasteiger partial charge in [0.05, 0.1) is 12.0 Å². The Balaban J connectivity index is 2.72. The molecule has 0 bridgehead atoms. The quantitative estimate of drug-likeness (QED) is 0.598. The lowest BCUT2D eigenvalue weighted by atomic mass is 9.83. The number of hydrogen-bond acceptors (Lipinski definition) is 3. The summed E-state index contributed by atoms with van der Waals surface area (Å²) in [6.07, 6.45) is 0. The number of anilines is 1. The van der Waals surface area contributed by atoms with Crippen molar-refractivity contribution in [3.05, 3.63) is 29.8 Å². The highest BCUT2D eigenvalue weighted by Gasteiger charge is 2.29. The van der Waals surface area contributed by atoms with Crippen molar-refractivity contribution >= 4 is 11.6 Å². The number of amides is 1. The Kier molecular flexibility index (Phi) is 4.52. The Morgan fingerprint density at radius 2 is 1.94 bits per heavy atom. The van der Waals surface area contributed by atoms with Crippen molar-refractivity contribution in [2.24, 2.45) is 0 Å². The SMILES string of the molecule is COCCNC(=O)C(C)(C)c1ccc(N)cc1. The van der Waals surface area contributed by atoms with E-state index in [0.29, 0.717) is 18.8 Å². The lowest BCUT2D eigenvalue weighted by molar-refractivity contribution is -0.125. The summed E-state index contributed by atoms with van der Waals surface area (Å²) in [5.74, 6) is -0.0145. The lowest BCUT2D eigenvalue weighted by Crippen LogP contribution is -2.41. The van der Waals surface area contributed by atoms with E-state index in [1.54, 1.807) is 19.2 Å². The summed E-state index contributed by atoms with van der Waals surface area (Å²) in [5, 5.41) is 2.84. The number of hydrogen-bond donors (Lipinski definition) is 2. The van der Waals surface area contributed by atoms with Crippen LogP contribution < -0.4 is 11.1 Å². The highest BCUT2D eigenvalue weighted by molar-refractivity contribution is 5.87. The third-order valence-electron chi connectivity index (χ3n) is 2.79. The Hall–Kier alpha value is -1.55. The van der Waals surface area contributed by atoms with Crippen LogP contribution in [0.1, 0.15) is 19.4 Å². The standard InChI is InChI=1S/C13H20N2O2/c1-13(2,12(16)15-8-9-17-3)10-4-6-11(14)7-5-10/h4-7H,8-9,14H2,1-3H3,(H,15,16). The number of benzene rings is 1. The first-order valence-electron chi connectivity index (χ1n) is 5.61. The zero-order valence-electron chi connectivity index (χ0n) is 10.6. The highest BCUT2D eigenvalue weighted by atomic mass is 16.5. The molecule has 0 saturated heterocycles. The van der Waals surface area contributed by atoms with Crippen molar-refractivity contribution in [1.82, 2.24) is 5.32 Å². The molecule has 94 valence electrons. The first kappa shape index (κ1) is 13.5. The van der Waals surface area contributed by atoms with Gasteiger partial charge in [-0.2, -0.15) is 0 Å². The molecule has 0 heterocycles. The van der Waals surface area contributed by atoms with Crippen LogP contribution in [0.4, 0.5) is 5.69 Å². The van der Waals surface area contributed by atoms with E-state index >= 15 is 0 Å². The van der Waals surface area contributed by atoms with Gasteiger partial charge in [0.2, 0.25) is 5.91 Å². The fraction of sp³-hybridized carbons (Fsp3) is 0.462. The average molecular weight is 236 g/mol. The van der Waals surface area contributed by atoms with Gasteiger partial charge in [-0.1, -0.05) is 12.1 Å². The van der Waals surface area contributed by atoms with E-state index in [1.807, 2.05) is 26.0 Å². The van der Waals surface area contributed by atoms with E-state index in [0.717, 1.165) is 5.56 Å². The van der Waals surface area contributed by atoms with E-state index in [4.69, 9.17) is 10.5 Å². The van der Waals surface area contributed by atoms with E-state index in [1.165, 1.54) is 0 Å². The largest absolute Gasteiger partial charge is 0.399 e. The Bertz CT molecular complexity index is 372. The predicted molar refractivity (Wildman–Crippen MR) is 68.8 cm³/mol. The van der Waals surface area contributed by atoms with Gasteiger partial charge < -0.3 is 15.8 Å². The molecule has 0 spiro atoms. The highest BCUT2D eigenvalue weighted by Crippen LogP contribution is 2.24. The van der Waals surface area contributed by atoms with Gasteiger partial charge in [0.25, 0.3) is 0 Å². The summed E-state index contributed by atoms with van der Waals surface area (Å²) >= 11 is 0. The average Bonchev–Trinajstić information content (AvgIpc) is 2.29. The van der Waals surface area contributed by atoms with Crippen molar-refractivity contribution in [1.29, 1.82) is 0 Å². The van der Waals surface area contributed by atoms with Crippen molar-refractivity contribution in [2.75, 3.05) is 26.0 Å². The van der Waals surface area contributed by atoms with Gasteiger partial charge in [-0.25, -0.2) is 0 Å². The molecule has 0 aliphatic rings.